The fraction of sp³-hybridized carbons (Fsp3) is 0.192. The number of carbonyl (C=O) groups excluding carboxylic acids is 2. The molecular formula is C26H24N2O4. The largest absolute Gasteiger partial charge is 0.507 e. The number of amides is 1. The Hall–Kier alpha value is -3.93. The number of pyridine rings is 1. The minimum Gasteiger partial charge on any atom is -0.507 e. The number of carbonyl (C=O) groups is 2. The van der Waals surface area contributed by atoms with Gasteiger partial charge in [0, 0.05) is 23.6 Å². The molecule has 1 unspecified atom stereocenters. The average Bonchev–Trinajstić information content (AvgIpc) is 3.05. The van der Waals surface area contributed by atoms with Crippen molar-refractivity contribution in [1.29, 1.82) is 0 Å². The SMILES string of the molecule is CCOc1ccc(/C(O)=C2\C(=O)C(=O)N(c3ccc(C)cc3C)C2c2cccnc2)cc1. The van der Waals surface area contributed by atoms with Gasteiger partial charge in [-0.1, -0.05) is 23.8 Å². The van der Waals surface area contributed by atoms with Crippen molar-refractivity contribution in [1.82, 2.24) is 4.98 Å². The molecule has 0 aliphatic carbocycles. The lowest BCUT2D eigenvalue weighted by Gasteiger charge is -2.26. The summed E-state index contributed by atoms with van der Waals surface area (Å²) in [5.41, 5.74) is 3.64. The summed E-state index contributed by atoms with van der Waals surface area (Å²) < 4.78 is 5.46. The molecule has 1 amide bonds. The first-order chi connectivity index (χ1) is 15.4. The summed E-state index contributed by atoms with van der Waals surface area (Å²) in [7, 11) is 0. The Balaban J connectivity index is 1.90. The summed E-state index contributed by atoms with van der Waals surface area (Å²) in [6.45, 7) is 6.27. The van der Waals surface area contributed by atoms with Crippen LogP contribution in [0, 0.1) is 13.8 Å². The van der Waals surface area contributed by atoms with Crippen molar-refractivity contribution in [2.45, 2.75) is 26.8 Å². The molecule has 0 radical (unpaired) electrons. The van der Waals surface area contributed by atoms with Crippen LogP contribution in [0.3, 0.4) is 0 Å². The summed E-state index contributed by atoms with van der Waals surface area (Å²) in [5, 5.41) is 11.2. The molecule has 1 aliphatic rings. The molecule has 1 atom stereocenters. The van der Waals surface area contributed by atoms with Crippen molar-refractivity contribution in [3.05, 3.63) is 94.8 Å². The lowest BCUT2D eigenvalue weighted by molar-refractivity contribution is -0.132. The van der Waals surface area contributed by atoms with Gasteiger partial charge in [-0.25, -0.2) is 0 Å². The monoisotopic (exact) mass is 428 g/mol. The third-order valence-electron chi connectivity index (χ3n) is 5.50. The summed E-state index contributed by atoms with van der Waals surface area (Å²) in [4.78, 5) is 32.0. The van der Waals surface area contributed by atoms with Crippen molar-refractivity contribution in [3.8, 4) is 5.75 Å². The highest BCUT2D eigenvalue weighted by molar-refractivity contribution is 6.51. The van der Waals surface area contributed by atoms with Gasteiger partial charge in [0.15, 0.2) is 0 Å². The van der Waals surface area contributed by atoms with E-state index in [1.165, 1.54) is 4.90 Å². The van der Waals surface area contributed by atoms with E-state index < -0.39 is 17.7 Å². The number of Topliss-reactive ketones (excluding diaryl/α,β-unsaturated/α-hetero) is 1. The maximum atomic E-state index is 13.2. The van der Waals surface area contributed by atoms with E-state index in [1.54, 1.807) is 48.8 Å². The molecule has 0 bridgehead atoms. The standard InChI is InChI=1S/C26H24N2O4/c1-4-32-20-10-8-18(9-11-20)24(29)22-23(19-6-5-13-27-15-19)28(26(31)25(22)30)21-12-7-16(2)14-17(21)3/h5-15,23,29H,4H2,1-3H3/b24-22+. The fourth-order valence-electron chi connectivity index (χ4n) is 4.04. The molecule has 1 aliphatic heterocycles. The molecule has 1 N–H and O–H groups in total. The molecule has 6 nitrogen and oxygen atoms in total. The summed E-state index contributed by atoms with van der Waals surface area (Å²) in [6.07, 6.45) is 3.23. The van der Waals surface area contributed by atoms with Crippen molar-refractivity contribution < 1.29 is 19.4 Å². The summed E-state index contributed by atoms with van der Waals surface area (Å²) in [5.74, 6) is -0.986. The first kappa shape index (κ1) is 21.3. The van der Waals surface area contributed by atoms with Crippen molar-refractivity contribution in [2.24, 2.45) is 0 Å². The van der Waals surface area contributed by atoms with Crippen LogP contribution in [0.2, 0.25) is 0 Å². The van der Waals surface area contributed by atoms with Crippen molar-refractivity contribution in [2.75, 3.05) is 11.5 Å². The van der Waals surface area contributed by atoms with Gasteiger partial charge in [0.1, 0.15) is 11.5 Å². The van der Waals surface area contributed by atoms with Crippen LogP contribution >= 0.6 is 0 Å². The number of ether oxygens (including phenoxy) is 1. The summed E-state index contributed by atoms with van der Waals surface area (Å²) in [6, 6.07) is 15.2. The van der Waals surface area contributed by atoms with Crippen LogP contribution in [0.5, 0.6) is 5.75 Å². The molecule has 1 aromatic heterocycles. The van der Waals surface area contributed by atoms with Crippen LogP contribution in [0.15, 0.2) is 72.6 Å². The van der Waals surface area contributed by atoms with E-state index in [2.05, 4.69) is 4.98 Å². The van der Waals surface area contributed by atoms with Gasteiger partial charge in [0.05, 0.1) is 18.2 Å². The molecular weight excluding hydrogens is 404 g/mol. The van der Waals surface area contributed by atoms with Crippen LogP contribution in [0.25, 0.3) is 5.76 Å². The topological polar surface area (TPSA) is 79.7 Å². The zero-order valence-electron chi connectivity index (χ0n) is 18.2. The van der Waals surface area contributed by atoms with Gasteiger partial charge < -0.3 is 9.84 Å². The third-order valence-corrected chi connectivity index (χ3v) is 5.50. The average molecular weight is 428 g/mol. The number of ketones is 1. The second-order valence-corrected chi connectivity index (χ2v) is 7.70. The van der Waals surface area contributed by atoms with Crippen LogP contribution < -0.4 is 9.64 Å². The maximum Gasteiger partial charge on any atom is 0.300 e. The van der Waals surface area contributed by atoms with E-state index in [9.17, 15) is 14.7 Å². The van der Waals surface area contributed by atoms with Gasteiger partial charge in [-0.3, -0.25) is 19.5 Å². The molecule has 4 rings (SSSR count). The van der Waals surface area contributed by atoms with Gasteiger partial charge in [0.2, 0.25) is 0 Å². The second kappa shape index (κ2) is 8.67. The Morgan fingerprint density at radius 2 is 1.84 bits per heavy atom. The van der Waals surface area contributed by atoms with E-state index in [4.69, 9.17) is 4.74 Å². The Kier molecular flexibility index (Phi) is 5.77. The van der Waals surface area contributed by atoms with E-state index >= 15 is 0 Å². The molecule has 3 aromatic rings. The minimum atomic E-state index is -0.795. The predicted molar refractivity (Wildman–Crippen MR) is 123 cm³/mol. The van der Waals surface area contributed by atoms with Crippen molar-refractivity contribution >= 4 is 23.1 Å². The number of aryl methyl sites for hydroxylation is 2. The summed E-state index contributed by atoms with van der Waals surface area (Å²) >= 11 is 0. The van der Waals surface area contributed by atoms with E-state index in [-0.39, 0.29) is 11.3 Å². The van der Waals surface area contributed by atoms with E-state index in [1.807, 2.05) is 39.0 Å². The van der Waals surface area contributed by atoms with E-state index in [0.717, 1.165) is 11.1 Å². The Morgan fingerprint density at radius 3 is 2.47 bits per heavy atom. The molecule has 2 aromatic carbocycles. The zero-order chi connectivity index (χ0) is 22.8. The molecule has 162 valence electrons. The smallest absolute Gasteiger partial charge is 0.300 e. The molecule has 2 heterocycles. The van der Waals surface area contributed by atoms with Gasteiger partial charge in [0.25, 0.3) is 11.7 Å². The molecule has 0 saturated carbocycles. The normalized spacial score (nSPS) is 17.6. The van der Waals surface area contributed by atoms with Gasteiger partial charge in [-0.15, -0.1) is 0 Å². The highest BCUT2D eigenvalue weighted by atomic mass is 16.5. The first-order valence-corrected chi connectivity index (χ1v) is 10.4. The zero-order valence-corrected chi connectivity index (χ0v) is 18.2. The Bertz CT molecular complexity index is 1200. The second-order valence-electron chi connectivity index (χ2n) is 7.70. The predicted octanol–water partition coefficient (Wildman–Crippen LogP) is 4.72. The molecule has 1 fully saturated rings. The fourth-order valence-corrected chi connectivity index (χ4v) is 4.04. The molecule has 32 heavy (non-hydrogen) atoms. The molecule has 0 spiro atoms. The van der Waals surface area contributed by atoms with Crippen LogP contribution in [0.4, 0.5) is 5.69 Å². The number of hydrogen-bond donors (Lipinski definition) is 1. The van der Waals surface area contributed by atoms with Gasteiger partial charge >= 0.3 is 0 Å². The number of aliphatic hydroxyl groups excluding tert-OH is 1. The lowest BCUT2D eigenvalue weighted by Crippen LogP contribution is -2.30. The number of hydrogen-bond acceptors (Lipinski definition) is 5. The lowest BCUT2D eigenvalue weighted by atomic mass is 9.96. The highest BCUT2D eigenvalue weighted by Crippen LogP contribution is 2.43. The van der Waals surface area contributed by atoms with Gasteiger partial charge in [-0.05, 0) is 68.3 Å². The van der Waals surface area contributed by atoms with Crippen LogP contribution in [-0.2, 0) is 9.59 Å². The van der Waals surface area contributed by atoms with Gasteiger partial charge in [-0.2, -0.15) is 0 Å². The quantitative estimate of drug-likeness (QED) is 0.361. The number of benzene rings is 2. The number of rotatable bonds is 5. The minimum absolute atomic E-state index is 0.0344. The first-order valence-electron chi connectivity index (χ1n) is 10.4. The molecule has 6 heteroatoms. The Labute approximate surface area is 186 Å². The molecule has 1 saturated heterocycles. The van der Waals surface area contributed by atoms with Crippen molar-refractivity contribution in [3.63, 3.8) is 0 Å². The number of anilines is 1. The maximum absolute atomic E-state index is 13.2. The van der Waals surface area contributed by atoms with E-state index in [0.29, 0.717) is 29.2 Å². The number of aliphatic hydroxyl groups is 1. The Morgan fingerprint density at radius 1 is 1.09 bits per heavy atom. The number of nitrogens with zero attached hydrogens (tertiary/aromatic N) is 2. The third kappa shape index (κ3) is 3.75. The number of aromatic nitrogens is 1. The van der Waals surface area contributed by atoms with Crippen LogP contribution in [-0.4, -0.2) is 28.4 Å². The highest BCUT2D eigenvalue weighted by Gasteiger charge is 2.47. The van der Waals surface area contributed by atoms with Crippen LogP contribution in [0.1, 0.15) is 35.2 Å².